The van der Waals surface area contributed by atoms with Crippen LogP contribution in [0, 0.1) is 5.82 Å². The van der Waals surface area contributed by atoms with Gasteiger partial charge in [-0.1, -0.05) is 24.3 Å². The molecule has 3 aromatic rings. The molecule has 0 bridgehead atoms. The Labute approximate surface area is 190 Å². The van der Waals surface area contributed by atoms with Gasteiger partial charge in [0.15, 0.2) is 0 Å². The van der Waals surface area contributed by atoms with Crippen molar-refractivity contribution in [2.45, 2.75) is 0 Å². The van der Waals surface area contributed by atoms with Gasteiger partial charge in [0.05, 0.1) is 38.3 Å². The smallest absolute Gasteiger partial charge is 0.282 e. The van der Waals surface area contributed by atoms with Gasteiger partial charge in [0.1, 0.15) is 28.8 Å². The van der Waals surface area contributed by atoms with Crippen molar-refractivity contribution in [2.24, 2.45) is 0 Å². The summed E-state index contributed by atoms with van der Waals surface area (Å²) in [5, 5.41) is 3.04. The molecule has 0 atom stereocenters. The summed E-state index contributed by atoms with van der Waals surface area (Å²) in [6.45, 7) is 0. The maximum Gasteiger partial charge on any atom is 0.282 e. The Morgan fingerprint density at radius 2 is 1.55 bits per heavy atom. The van der Waals surface area contributed by atoms with Crippen LogP contribution in [0.4, 0.5) is 15.8 Å². The first-order valence-electron chi connectivity index (χ1n) is 9.99. The fourth-order valence-electron chi connectivity index (χ4n) is 3.64. The minimum absolute atomic E-state index is 0.000291. The van der Waals surface area contributed by atoms with E-state index in [1.165, 1.54) is 39.5 Å². The number of hydrogen-bond acceptors (Lipinski definition) is 6. The normalized spacial score (nSPS) is 13.4. The number of carbonyl (C=O) groups is 2. The summed E-state index contributed by atoms with van der Waals surface area (Å²) in [5.41, 5.74) is 1.04. The second-order valence-corrected chi connectivity index (χ2v) is 7.07. The van der Waals surface area contributed by atoms with Crippen LogP contribution in [0.15, 0.2) is 72.4 Å². The first-order valence-corrected chi connectivity index (χ1v) is 9.99. The molecule has 33 heavy (non-hydrogen) atoms. The topological polar surface area (TPSA) is 77.1 Å². The van der Waals surface area contributed by atoms with Gasteiger partial charge in [-0.25, -0.2) is 9.29 Å². The maximum atomic E-state index is 13.9. The molecule has 1 aliphatic heterocycles. The average molecular weight is 448 g/mol. The second kappa shape index (κ2) is 9.04. The molecular formula is C25H21FN2O5. The molecule has 0 saturated heterocycles. The van der Waals surface area contributed by atoms with Crippen molar-refractivity contribution in [3.63, 3.8) is 0 Å². The van der Waals surface area contributed by atoms with Gasteiger partial charge in [0.2, 0.25) is 0 Å². The quantitative estimate of drug-likeness (QED) is 0.545. The van der Waals surface area contributed by atoms with E-state index in [-0.39, 0.29) is 17.0 Å². The number of benzene rings is 3. The molecule has 1 aliphatic rings. The third-order valence-corrected chi connectivity index (χ3v) is 5.19. The molecule has 0 saturated carbocycles. The summed E-state index contributed by atoms with van der Waals surface area (Å²) in [4.78, 5) is 28.0. The molecule has 8 heteroatoms. The van der Waals surface area contributed by atoms with Gasteiger partial charge < -0.3 is 19.5 Å². The molecule has 4 rings (SSSR count). The molecule has 7 nitrogen and oxygen atoms in total. The molecule has 168 valence electrons. The summed E-state index contributed by atoms with van der Waals surface area (Å²) < 4.78 is 30.0. The monoisotopic (exact) mass is 448 g/mol. The molecular weight excluding hydrogens is 427 g/mol. The molecule has 1 N–H and O–H groups in total. The number of anilines is 2. The van der Waals surface area contributed by atoms with Crippen molar-refractivity contribution >= 4 is 28.8 Å². The largest absolute Gasteiger partial charge is 0.497 e. The lowest BCUT2D eigenvalue weighted by Crippen LogP contribution is -2.32. The van der Waals surface area contributed by atoms with E-state index < -0.39 is 17.6 Å². The Bertz CT molecular complexity index is 1270. The van der Waals surface area contributed by atoms with Crippen LogP contribution in [0.5, 0.6) is 17.2 Å². The highest BCUT2D eigenvalue weighted by atomic mass is 19.1. The number of carbonyl (C=O) groups excluding carboxylic acids is 2. The number of ether oxygens (including phenoxy) is 3. The van der Waals surface area contributed by atoms with E-state index >= 15 is 0 Å². The van der Waals surface area contributed by atoms with Gasteiger partial charge in [-0.2, -0.15) is 0 Å². The van der Waals surface area contributed by atoms with Gasteiger partial charge in [0, 0.05) is 11.6 Å². The number of para-hydroxylation sites is 1. The number of amides is 2. The number of rotatable bonds is 7. The van der Waals surface area contributed by atoms with E-state index in [0.717, 1.165) is 11.0 Å². The van der Waals surface area contributed by atoms with E-state index in [1.807, 2.05) is 0 Å². The van der Waals surface area contributed by atoms with Crippen LogP contribution in [0.1, 0.15) is 5.56 Å². The Kier molecular flexibility index (Phi) is 5.99. The number of imide groups is 1. The van der Waals surface area contributed by atoms with E-state index in [9.17, 15) is 14.0 Å². The second-order valence-electron chi connectivity index (χ2n) is 7.07. The third-order valence-electron chi connectivity index (χ3n) is 5.19. The summed E-state index contributed by atoms with van der Waals surface area (Å²) in [7, 11) is 4.48. The Morgan fingerprint density at radius 1 is 0.788 bits per heavy atom. The first kappa shape index (κ1) is 21.9. The van der Waals surface area contributed by atoms with E-state index in [0.29, 0.717) is 28.5 Å². The van der Waals surface area contributed by atoms with Crippen LogP contribution in [0.3, 0.4) is 0 Å². The van der Waals surface area contributed by atoms with Crippen LogP contribution in [0.25, 0.3) is 5.57 Å². The first-order chi connectivity index (χ1) is 16.0. The van der Waals surface area contributed by atoms with Gasteiger partial charge in [-0.3, -0.25) is 9.59 Å². The maximum absolute atomic E-state index is 13.9. The summed E-state index contributed by atoms with van der Waals surface area (Å²) >= 11 is 0. The highest BCUT2D eigenvalue weighted by Crippen LogP contribution is 2.39. The third kappa shape index (κ3) is 3.98. The highest BCUT2D eigenvalue weighted by Gasteiger charge is 2.41. The van der Waals surface area contributed by atoms with Crippen molar-refractivity contribution in [2.75, 3.05) is 31.5 Å². The molecule has 0 radical (unpaired) electrons. The molecule has 1 heterocycles. The fraction of sp³-hybridized carbons (Fsp3) is 0.120. The van der Waals surface area contributed by atoms with Crippen LogP contribution in [0.2, 0.25) is 0 Å². The number of nitrogens with zero attached hydrogens (tertiary/aromatic N) is 1. The minimum atomic E-state index is -0.642. The Balaban J connectivity index is 1.90. The SMILES string of the molecule is COc1ccc(OC)c(NC2=C(c3ccccc3OC)C(=O)N(c3cccc(F)c3)C2=O)c1. The van der Waals surface area contributed by atoms with E-state index in [2.05, 4.69) is 5.32 Å². The minimum Gasteiger partial charge on any atom is -0.497 e. The van der Waals surface area contributed by atoms with Gasteiger partial charge >= 0.3 is 0 Å². The van der Waals surface area contributed by atoms with Gasteiger partial charge in [-0.05, 0) is 36.4 Å². The lowest BCUT2D eigenvalue weighted by Gasteiger charge is -2.16. The summed E-state index contributed by atoms with van der Waals surface area (Å²) in [6, 6.07) is 17.2. The van der Waals surface area contributed by atoms with E-state index in [1.54, 1.807) is 42.5 Å². The van der Waals surface area contributed by atoms with Gasteiger partial charge in [-0.15, -0.1) is 0 Å². The van der Waals surface area contributed by atoms with Crippen LogP contribution < -0.4 is 24.4 Å². The standard InChI is InChI=1S/C25H21FN2O5/c1-31-17-11-12-21(33-3)19(14-17)27-23-22(18-9-4-5-10-20(18)32-2)24(29)28(25(23)30)16-8-6-7-15(26)13-16/h4-14,27H,1-3H3. The molecule has 0 aromatic heterocycles. The zero-order chi connectivity index (χ0) is 23.5. The van der Waals surface area contributed by atoms with E-state index in [4.69, 9.17) is 14.2 Å². The van der Waals surface area contributed by atoms with Crippen molar-refractivity contribution in [1.29, 1.82) is 0 Å². The van der Waals surface area contributed by atoms with Crippen molar-refractivity contribution in [3.05, 3.63) is 83.8 Å². The molecule has 0 spiro atoms. The summed E-state index contributed by atoms with van der Waals surface area (Å²) in [6.07, 6.45) is 0. The lowest BCUT2D eigenvalue weighted by atomic mass is 10.0. The number of halogens is 1. The molecule has 0 unspecified atom stereocenters. The summed E-state index contributed by atoms with van der Waals surface area (Å²) in [5.74, 6) is -0.450. The van der Waals surface area contributed by atoms with Crippen molar-refractivity contribution in [1.82, 2.24) is 0 Å². The number of nitrogens with one attached hydrogen (secondary N) is 1. The lowest BCUT2D eigenvalue weighted by molar-refractivity contribution is -0.120. The zero-order valence-electron chi connectivity index (χ0n) is 18.2. The highest BCUT2D eigenvalue weighted by molar-refractivity contribution is 6.46. The van der Waals surface area contributed by atoms with Crippen molar-refractivity contribution in [3.8, 4) is 17.2 Å². The zero-order valence-corrected chi connectivity index (χ0v) is 18.2. The van der Waals surface area contributed by atoms with Crippen LogP contribution >= 0.6 is 0 Å². The van der Waals surface area contributed by atoms with Gasteiger partial charge in [0.25, 0.3) is 11.8 Å². The number of hydrogen-bond donors (Lipinski definition) is 1. The van der Waals surface area contributed by atoms with Crippen molar-refractivity contribution < 1.29 is 28.2 Å². The number of methoxy groups -OCH3 is 3. The predicted octanol–water partition coefficient (Wildman–Crippen LogP) is 4.25. The predicted molar refractivity (Wildman–Crippen MR) is 122 cm³/mol. The Hall–Kier alpha value is -4.33. The average Bonchev–Trinajstić information content (AvgIpc) is 3.07. The molecule has 3 aromatic carbocycles. The molecule has 0 fully saturated rings. The van der Waals surface area contributed by atoms with Crippen LogP contribution in [-0.4, -0.2) is 33.1 Å². The van der Waals surface area contributed by atoms with Crippen LogP contribution in [-0.2, 0) is 9.59 Å². The fourth-order valence-corrected chi connectivity index (χ4v) is 3.64. The molecule has 0 aliphatic carbocycles. The molecule has 2 amide bonds. The Morgan fingerprint density at radius 3 is 2.24 bits per heavy atom.